The molecule has 1 amide bonds. The molecular weight excluding hydrogens is 328 g/mol. The molecule has 1 rings (SSSR count). The van der Waals surface area contributed by atoms with Gasteiger partial charge < -0.3 is 5.11 Å². The van der Waals surface area contributed by atoms with Gasteiger partial charge in [0.05, 0.1) is 24.1 Å². The first-order valence-corrected chi connectivity index (χ1v) is 6.17. The number of benzene rings is 1. The molecule has 1 aromatic rings. The number of carbonyl (C=O) groups is 1. The summed E-state index contributed by atoms with van der Waals surface area (Å²) < 4.78 is 14.0. The minimum absolute atomic E-state index is 0.0658. The molecule has 0 fully saturated rings. The van der Waals surface area contributed by atoms with Crippen molar-refractivity contribution < 1.29 is 19.1 Å². The highest BCUT2D eigenvalue weighted by atomic mass is 79.9. The molecule has 0 saturated carbocycles. The maximum Gasteiger partial charge on any atom is 0.248 e. The molecule has 0 aliphatic carbocycles. The molecule has 100 valence electrons. The molecule has 0 aliphatic rings. The van der Waals surface area contributed by atoms with Gasteiger partial charge in [-0.2, -0.15) is 0 Å². The van der Waals surface area contributed by atoms with Crippen molar-refractivity contribution in [2.24, 2.45) is 0 Å². The number of rotatable bonds is 4. The summed E-state index contributed by atoms with van der Waals surface area (Å²) >= 11 is 8.81. The second-order valence-electron chi connectivity index (χ2n) is 3.55. The lowest BCUT2D eigenvalue weighted by molar-refractivity contribution is -0.170. The zero-order chi connectivity index (χ0) is 13.9. The average molecular weight is 341 g/mol. The van der Waals surface area contributed by atoms with Crippen LogP contribution >= 0.6 is 27.5 Å². The number of halogens is 3. The summed E-state index contributed by atoms with van der Waals surface area (Å²) in [5.41, 5.74) is -0.108. The maximum atomic E-state index is 13.8. The normalized spacial score (nSPS) is 12.3. The van der Waals surface area contributed by atoms with E-state index in [-0.39, 0.29) is 21.5 Å². The first-order valence-electron chi connectivity index (χ1n) is 5.00. The van der Waals surface area contributed by atoms with E-state index in [2.05, 4.69) is 20.8 Å². The second-order valence-corrected chi connectivity index (χ2v) is 4.81. The smallest absolute Gasteiger partial charge is 0.248 e. The Hall–Kier alpha value is -0.690. The molecule has 1 aromatic carbocycles. The Morgan fingerprint density at radius 2 is 2.28 bits per heavy atom. The number of hydrogen-bond acceptors (Lipinski definition) is 3. The van der Waals surface area contributed by atoms with Gasteiger partial charge in [0.15, 0.2) is 0 Å². The van der Waals surface area contributed by atoms with Gasteiger partial charge in [-0.05, 0) is 28.1 Å². The van der Waals surface area contributed by atoms with Gasteiger partial charge in [0, 0.05) is 17.6 Å². The Kier molecular flexibility index (Phi) is 5.52. The van der Waals surface area contributed by atoms with E-state index in [1.54, 1.807) is 0 Å². The van der Waals surface area contributed by atoms with E-state index in [1.807, 2.05) is 0 Å². The van der Waals surface area contributed by atoms with Gasteiger partial charge >= 0.3 is 0 Å². The van der Waals surface area contributed by atoms with Crippen LogP contribution in [0.25, 0.3) is 0 Å². The summed E-state index contributed by atoms with van der Waals surface area (Å²) in [6, 6.07) is 2.87. The molecule has 0 radical (unpaired) electrons. The molecule has 1 unspecified atom stereocenters. The van der Waals surface area contributed by atoms with E-state index in [9.17, 15) is 14.3 Å². The van der Waals surface area contributed by atoms with Crippen molar-refractivity contribution >= 4 is 33.4 Å². The second kappa shape index (κ2) is 6.47. The number of amides is 1. The van der Waals surface area contributed by atoms with Crippen molar-refractivity contribution in [1.29, 1.82) is 0 Å². The lowest BCUT2D eigenvalue weighted by atomic mass is 10.1. The van der Waals surface area contributed by atoms with Gasteiger partial charge in [-0.15, -0.1) is 0 Å². The van der Waals surface area contributed by atoms with Crippen LogP contribution in [-0.2, 0) is 9.63 Å². The average Bonchev–Trinajstić information content (AvgIpc) is 2.33. The highest BCUT2D eigenvalue weighted by molar-refractivity contribution is 9.10. The number of carbonyl (C=O) groups excluding carboxylic acids is 1. The number of aliphatic hydroxyl groups is 1. The lowest BCUT2D eigenvalue weighted by Gasteiger charge is -2.18. The predicted octanol–water partition coefficient (Wildman–Crippen LogP) is 2.68. The van der Waals surface area contributed by atoms with Crippen LogP contribution in [0.4, 0.5) is 4.39 Å². The fourth-order valence-corrected chi connectivity index (χ4v) is 1.96. The number of hydrogen-bond donors (Lipinski definition) is 1. The molecule has 18 heavy (non-hydrogen) atoms. The van der Waals surface area contributed by atoms with E-state index in [0.717, 1.165) is 5.06 Å². The van der Waals surface area contributed by atoms with Crippen LogP contribution < -0.4 is 0 Å². The van der Waals surface area contributed by atoms with E-state index in [4.69, 9.17) is 11.6 Å². The lowest BCUT2D eigenvalue weighted by Crippen LogP contribution is -2.27. The van der Waals surface area contributed by atoms with Gasteiger partial charge in [0.25, 0.3) is 0 Å². The third-order valence-electron chi connectivity index (χ3n) is 2.41. The summed E-state index contributed by atoms with van der Waals surface area (Å²) in [6.07, 6.45) is -1.66. The van der Waals surface area contributed by atoms with Gasteiger partial charge in [0.1, 0.15) is 5.82 Å². The molecule has 4 nitrogen and oxygen atoms in total. The van der Waals surface area contributed by atoms with Crippen LogP contribution in [0, 0.1) is 5.82 Å². The molecule has 0 spiro atoms. The van der Waals surface area contributed by atoms with Crippen LogP contribution in [0.2, 0.25) is 5.02 Å². The van der Waals surface area contributed by atoms with Crippen LogP contribution in [0.1, 0.15) is 18.1 Å². The van der Waals surface area contributed by atoms with Crippen LogP contribution in [0.5, 0.6) is 0 Å². The van der Waals surface area contributed by atoms with E-state index in [1.165, 1.54) is 26.3 Å². The Morgan fingerprint density at radius 3 is 2.83 bits per heavy atom. The minimum atomic E-state index is -1.33. The summed E-state index contributed by atoms with van der Waals surface area (Å²) in [7, 11) is 2.71. The van der Waals surface area contributed by atoms with Crippen molar-refractivity contribution in [2.75, 3.05) is 14.2 Å². The van der Waals surface area contributed by atoms with Crippen molar-refractivity contribution in [3.05, 3.63) is 33.0 Å². The van der Waals surface area contributed by atoms with Crippen molar-refractivity contribution in [3.8, 4) is 0 Å². The highest BCUT2D eigenvalue weighted by Crippen LogP contribution is 2.32. The topological polar surface area (TPSA) is 49.8 Å². The van der Waals surface area contributed by atoms with Crippen molar-refractivity contribution in [3.63, 3.8) is 0 Å². The van der Waals surface area contributed by atoms with Crippen molar-refractivity contribution in [2.45, 2.75) is 12.5 Å². The fourth-order valence-electron chi connectivity index (χ4n) is 1.35. The fraction of sp³-hybridized carbons (Fsp3) is 0.364. The third kappa shape index (κ3) is 3.41. The highest BCUT2D eigenvalue weighted by Gasteiger charge is 2.23. The van der Waals surface area contributed by atoms with E-state index in [0.29, 0.717) is 0 Å². The Balaban J connectivity index is 2.94. The Morgan fingerprint density at radius 1 is 1.67 bits per heavy atom. The van der Waals surface area contributed by atoms with Gasteiger partial charge in [-0.25, -0.2) is 9.45 Å². The molecule has 7 heteroatoms. The van der Waals surface area contributed by atoms with Crippen LogP contribution in [0.15, 0.2) is 16.6 Å². The van der Waals surface area contributed by atoms with E-state index >= 15 is 0 Å². The monoisotopic (exact) mass is 339 g/mol. The molecule has 1 N–H and O–H groups in total. The van der Waals surface area contributed by atoms with Crippen molar-refractivity contribution in [1.82, 2.24) is 5.06 Å². The molecule has 0 aliphatic heterocycles. The number of aliphatic hydroxyl groups excluding tert-OH is 1. The largest absolute Gasteiger partial charge is 0.388 e. The molecular formula is C11H12BrClFNO3. The minimum Gasteiger partial charge on any atom is -0.388 e. The maximum absolute atomic E-state index is 13.8. The molecule has 0 saturated heterocycles. The zero-order valence-corrected chi connectivity index (χ0v) is 12.1. The predicted molar refractivity (Wildman–Crippen MR) is 68.5 cm³/mol. The Labute approximate surface area is 117 Å². The first-order chi connectivity index (χ1) is 8.38. The Bertz CT molecular complexity index is 458. The zero-order valence-electron chi connectivity index (χ0n) is 9.78. The van der Waals surface area contributed by atoms with Crippen LogP contribution in [-0.4, -0.2) is 30.2 Å². The molecule has 0 heterocycles. The summed E-state index contributed by atoms with van der Waals surface area (Å²) in [6.45, 7) is 0. The third-order valence-corrected chi connectivity index (χ3v) is 3.35. The first kappa shape index (κ1) is 15.4. The molecule has 0 aromatic heterocycles. The van der Waals surface area contributed by atoms with E-state index < -0.39 is 17.8 Å². The number of hydroxylamine groups is 2. The standard InChI is InChI=1S/C11H12BrClFNO3/c1-15(18-2)9(17)5-8(16)10-7(13)4-3-6(12)11(10)14/h3-4,8,16H,5H2,1-2H3. The summed E-state index contributed by atoms with van der Waals surface area (Å²) in [5.74, 6) is -1.16. The quantitative estimate of drug-likeness (QED) is 0.677. The summed E-state index contributed by atoms with van der Waals surface area (Å²) in [4.78, 5) is 16.2. The van der Waals surface area contributed by atoms with Gasteiger partial charge in [-0.3, -0.25) is 9.63 Å². The van der Waals surface area contributed by atoms with Gasteiger partial charge in [-0.1, -0.05) is 11.6 Å². The number of nitrogens with zero attached hydrogens (tertiary/aromatic N) is 1. The molecule has 1 atom stereocenters. The summed E-state index contributed by atoms with van der Waals surface area (Å²) in [5, 5.41) is 10.9. The van der Waals surface area contributed by atoms with Crippen LogP contribution in [0.3, 0.4) is 0 Å². The van der Waals surface area contributed by atoms with Gasteiger partial charge in [0.2, 0.25) is 5.91 Å². The molecule has 0 bridgehead atoms. The SMILES string of the molecule is CON(C)C(=O)CC(O)c1c(Cl)ccc(Br)c1F.